The molecule has 1 aliphatic rings. The largest absolute Gasteiger partial charge is 0.236 e. The predicted molar refractivity (Wildman–Crippen MR) is 191 cm³/mol. The van der Waals surface area contributed by atoms with Gasteiger partial charge in [-0.05, 0) is 57.7 Å². The number of aromatic nitrogens is 4. The van der Waals surface area contributed by atoms with Crippen LogP contribution in [0.5, 0.6) is 0 Å². The van der Waals surface area contributed by atoms with Gasteiger partial charge in [0.2, 0.25) is 0 Å². The van der Waals surface area contributed by atoms with Gasteiger partial charge in [-0.3, -0.25) is 0 Å². The first-order valence-corrected chi connectivity index (χ1v) is 16.6. The van der Waals surface area contributed by atoms with Gasteiger partial charge >= 0.3 is 0 Å². The van der Waals surface area contributed by atoms with E-state index in [1.165, 1.54) is 21.4 Å². The third-order valence-corrected chi connectivity index (χ3v) is 10.3. The number of thiazole rings is 1. The summed E-state index contributed by atoms with van der Waals surface area (Å²) in [4.78, 5) is 20.2. The molecule has 0 amide bonds. The summed E-state index contributed by atoms with van der Waals surface area (Å²) in [6.45, 7) is 9.45. The summed E-state index contributed by atoms with van der Waals surface area (Å²) < 4.78 is 1.17. The van der Waals surface area contributed by atoms with Crippen molar-refractivity contribution in [3.05, 3.63) is 132 Å². The molecule has 5 heteroatoms. The van der Waals surface area contributed by atoms with E-state index in [1.54, 1.807) is 11.3 Å². The van der Waals surface area contributed by atoms with Crippen molar-refractivity contribution in [3.63, 3.8) is 0 Å². The van der Waals surface area contributed by atoms with Crippen LogP contribution in [-0.2, 0) is 10.8 Å². The van der Waals surface area contributed by atoms with Gasteiger partial charge in [0, 0.05) is 22.3 Å². The molecule has 8 rings (SSSR count). The van der Waals surface area contributed by atoms with Gasteiger partial charge in [0.15, 0.2) is 17.5 Å². The quantitative estimate of drug-likeness (QED) is 0.194. The molecule has 224 valence electrons. The fraction of sp³-hybridized carbons (Fsp3) is 0.171. The van der Waals surface area contributed by atoms with Crippen molar-refractivity contribution < 1.29 is 0 Å². The second-order valence-electron chi connectivity index (χ2n) is 13.5. The summed E-state index contributed by atoms with van der Waals surface area (Å²) in [5.41, 5.74) is 10.4. The van der Waals surface area contributed by atoms with Crippen molar-refractivity contribution in [2.75, 3.05) is 0 Å². The zero-order chi connectivity index (χ0) is 31.5. The smallest absolute Gasteiger partial charge is 0.164 e. The molecule has 5 aromatic carbocycles. The molecule has 7 aromatic rings. The molecule has 1 aliphatic carbocycles. The molecule has 0 radical (unpaired) electrons. The Bertz CT molecular complexity index is 2210. The molecule has 46 heavy (non-hydrogen) atoms. The zero-order valence-corrected chi connectivity index (χ0v) is 27.3. The molecular weight excluding hydrogens is 581 g/mol. The van der Waals surface area contributed by atoms with Crippen LogP contribution in [0.3, 0.4) is 0 Å². The SMILES string of the molecule is CC1(C)CC(C)(C)c2cc(-c3ccccc3-c3nc(-c4ccccc4)nc(-c4cccc(-c5nc6ccccc6s5)c4)n3)ccc21. The fourth-order valence-corrected chi connectivity index (χ4v) is 8.18. The summed E-state index contributed by atoms with van der Waals surface area (Å²) in [6, 6.07) is 42.3. The highest BCUT2D eigenvalue weighted by atomic mass is 32.1. The first-order valence-electron chi connectivity index (χ1n) is 15.8. The Morgan fingerprint density at radius 1 is 0.478 bits per heavy atom. The van der Waals surface area contributed by atoms with Crippen LogP contribution >= 0.6 is 11.3 Å². The highest BCUT2D eigenvalue weighted by molar-refractivity contribution is 7.21. The second kappa shape index (κ2) is 10.8. The molecule has 0 saturated carbocycles. The Hall–Kier alpha value is -5.00. The number of rotatable bonds is 5. The van der Waals surface area contributed by atoms with E-state index in [9.17, 15) is 0 Å². The van der Waals surface area contributed by atoms with Gasteiger partial charge in [0.05, 0.1) is 10.2 Å². The number of hydrogen-bond donors (Lipinski definition) is 0. The molecule has 0 fully saturated rings. The highest BCUT2D eigenvalue weighted by Gasteiger charge is 2.41. The van der Waals surface area contributed by atoms with Gasteiger partial charge < -0.3 is 0 Å². The highest BCUT2D eigenvalue weighted by Crippen LogP contribution is 2.50. The van der Waals surface area contributed by atoms with E-state index in [0.717, 1.165) is 44.8 Å². The van der Waals surface area contributed by atoms with Crippen molar-refractivity contribution >= 4 is 21.6 Å². The van der Waals surface area contributed by atoms with Crippen LogP contribution in [-0.4, -0.2) is 19.9 Å². The van der Waals surface area contributed by atoms with Crippen LogP contribution in [0.25, 0.3) is 66.1 Å². The van der Waals surface area contributed by atoms with Crippen molar-refractivity contribution in [2.45, 2.75) is 44.9 Å². The van der Waals surface area contributed by atoms with E-state index in [2.05, 4.69) is 125 Å². The van der Waals surface area contributed by atoms with E-state index < -0.39 is 0 Å². The third-order valence-electron chi connectivity index (χ3n) is 9.17. The molecule has 4 nitrogen and oxygen atoms in total. The van der Waals surface area contributed by atoms with Crippen LogP contribution in [0.15, 0.2) is 121 Å². The maximum absolute atomic E-state index is 5.15. The van der Waals surface area contributed by atoms with Gasteiger partial charge in [-0.15, -0.1) is 11.3 Å². The maximum Gasteiger partial charge on any atom is 0.164 e. The zero-order valence-electron chi connectivity index (χ0n) is 26.5. The van der Waals surface area contributed by atoms with Gasteiger partial charge in [-0.25, -0.2) is 19.9 Å². The number of benzene rings is 5. The molecule has 0 aliphatic heterocycles. The van der Waals surface area contributed by atoms with Gasteiger partial charge in [0.1, 0.15) is 5.01 Å². The lowest BCUT2D eigenvalue weighted by molar-refractivity contribution is 0.403. The average molecular weight is 615 g/mol. The summed E-state index contributed by atoms with van der Waals surface area (Å²) in [5.74, 6) is 1.95. The van der Waals surface area contributed by atoms with Gasteiger partial charge in [-0.1, -0.05) is 131 Å². The summed E-state index contributed by atoms with van der Waals surface area (Å²) in [7, 11) is 0. The first kappa shape index (κ1) is 28.5. The van der Waals surface area contributed by atoms with E-state index in [0.29, 0.717) is 17.5 Å². The van der Waals surface area contributed by atoms with Crippen LogP contribution in [0.2, 0.25) is 0 Å². The predicted octanol–water partition coefficient (Wildman–Crippen LogP) is 10.8. The Kier molecular flexibility index (Phi) is 6.69. The van der Waals surface area contributed by atoms with Gasteiger partial charge in [-0.2, -0.15) is 0 Å². The summed E-state index contributed by atoms with van der Waals surface area (Å²) in [6.07, 6.45) is 1.13. The summed E-state index contributed by atoms with van der Waals surface area (Å²) in [5, 5.41) is 0.980. The van der Waals surface area contributed by atoms with Crippen LogP contribution in [0.1, 0.15) is 45.2 Å². The van der Waals surface area contributed by atoms with E-state index in [-0.39, 0.29) is 10.8 Å². The lowest BCUT2D eigenvalue weighted by atomic mass is 9.82. The molecule has 2 heterocycles. The molecule has 0 N–H and O–H groups in total. The monoisotopic (exact) mass is 614 g/mol. The van der Waals surface area contributed by atoms with Crippen molar-refractivity contribution in [1.82, 2.24) is 19.9 Å². The lowest BCUT2D eigenvalue weighted by Crippen LogP contribution is -2.17. The third kappa shape index (κ3) is 5.01. The van der Waals surface area contributed by atoms with E-state index in [1.807, 2.05) is 24.3 Å². The number of nitrogens with zero attached hydrogens (tertiary/aromatic N) is 4. The lowest BCUT2D eigenvalue weighted by Gasteiger charge is -2.22. The molecule has 0 saturated heterocycles. The van der Waals surface area contributed by atoms with Crippen LogP contribution in [0, 0.1) is 0 Å². The molecule has 0 spiro atoms. The Labute approximate surface area is 273 Å². The standard InChI is InChI=1S/C41H34N4S/c1-40(2)25-41(3,4)33-24-27(21-22-32(33)40)30-17-8-9-18-31(30)38-44-36(26-13-6-5-7-14-26)43-37(45-38)28-15-12-16-29(23-28)39-42-34-19-10-11-20-35(34)46-39/h5-24H,25H2,1-4H3. The van der Waals surface area contributed by atoms with Crippen LogP contribution in [0.4, 0.5) is 0 Å². The van der Waals surface area contributed by atoms with E-state index >= 15 is 0 Å². The molecule has 0 bridgehead atoms. The molecule has 0 unspecified atom stereocenters. The Morgan fingerprint density at radius 2 is 1.11 bits per heavy atom. The van der Waals surface area contributed by atoms with Crippen molar-refractivity contribution in [3.8, 4) is 55.9 Å². The number of para-hydroxylation sites is 1. The minimum absolute atomic E-state index is 0.110. The molecule has 2 aromatic heterocycles. The fourth-order valence-electron chi connectivity index (χ4n) is 7.22. The van der Waals surface area contributed by atoms with Crippen molar-refractivity contribution in [2.24, 2.45) is 0 Å². The molecular formula is C41H34N4S. The number of fused-ring (bicyclic) bond motifs is 2. The molecule has 0 atom stereocenters. The Morgan fingerprint density at radius 3 is 1.91 bits per heavy atom. The van der Waals surface area contributed by atoms with Crippen molar-refractivity contribution in [1.29, 1.82) is 0 Å². The second-order valence-corrected chi connectivity index (χ2v) is 14.5. The number of hydrogen-bond acceptors (Lipinski definition) is 5. The van der Waals surface area contributed by atoms with E-state index in [4.69, 9.17) is 19.9 Å². The Balaban J connectivity index is 1.28. The first-order chi connectivity index (χ1) is 22.2. The topological polar surface area (TPSA) is 51.6 Å². The van der Waals surface area contributed by atoms with Crippen LogP contribution < -0.4 is 0 Å². The average Bonchev–Trinajstić information content (AvgIpc) is 3.60. The van der Waals surface area contributed by atoms with Gasteiger partial charge in [0.25, 0.3) is 0 Å². The minimum Gasteiger partial charge on any atom is -0.236 e. The maximum atomic E-state index is 5.15. The normalized spacial score (nSPS) is 14.8. The minimum atomic E-state index is 0.110. The summed E-state index contributed by atoms with van der Waals surface area (Å²) >= 11 is 1.70.